The van der Waals surface area contributed by atoms with E-state index in [1.807, 2.05) is 0 Å². The number of ether oxygens (including phenoxy) is 1. The van der Waals surface area contributed by atoms with Gasteiger partial charge in [-0.1, -0.05) is 23.4 Å². The van der Waals surface area contributed by atoms with Gasteiger partial charge in [0.1, 0.15) is 12.4 Å². The summed E-state index contributed by atoms with van der Waals surface area (Å²) in [6.45, 7) is 0.0116. The van der Waals surface area contributed by atoms with Gasteiger partial charge in [-0.2, -0.15) is 0 Å². The van der Waals surface area contributed by atoms with Gasteiger partial charge in [-0.25, -0.2) is 13.6 Å². The monoisotopic (exact) mass is 350 g/mol. The molecule has 124 valence electrons. The highest BCUT2D eigenvalue weighted by atomic mass is 35.5. The molecule has 0 saturated heterocycles. The summed E-state index contributed by atoms with van der Waals surface area (Å²) in [4.78, 5) is 11.6. The normalized spacial score (nSPS) is 9.62. The Kier molecular flexibility index (Phi) is 6.41. The number of rotatable bonds is 4. The molecule has 0 radical (unpaired) electrons. The van der Waals surface area contributed by atoms with Crippen molar-refractivity contribution < 1.29 is 18.3 Å². The predicted molar refractivity (Wildman–Crippen MR) is 88.1 cm³/mol. The van der Waals surface area contributed by atoms with Gasteiger partial charge in [0.05, 0.1) is 6.54 Å². The van der Waals surface area contributed by atoms with Gasteiger partial charge in [-0.05, 0) is 36.4 Å². The van der Waals surface area contributed by atoms with Crippen molar-refractivity contribution in [1.29, 1.82) is 0 Å². The first-order valence-corrected chi connectivity index (χ1v) is 7.26. The quantitative estimate of drug-likeness (QED) is 0.823. The Morgan fingerprint density at radius 2 is 1.88 bits per heavy atom. The Morgan fingerprint density at radius 3 is 2.58 bits per heavy atom. The topological polar surface area (TPSA) is 50.4 Å². The fourth-order valence-corrected chi connectivity index (χ4v) is 1.78. The van der Waals surface area contributed by atoms with E-state index in [1.165, 1.54) is 6.07 Å². The summed E-state index contributed by atoms with van der Waals surface area (Å²) < 4.78 is 31.0. The zero-order valence-electron chi connectivity index (χ0n) is 12.4. The molecule has 0 heterocycles. The molecule has 0 aliphatic rings. The van der Waals surface area contributed by atoms with Crippen LogP contribution >= 0.6 is 11.6 Å². The number of halogens is 3. The van der Waals surface area contributed by atoms with Gasteiger partial charge < -0.3 is 15.4 Å². The molecule has 2 N–H and O–H groups in total. The number of carbonyl (C=O) groups excluding carboxylic acids is 1. The number of nitrogens with one attached hydrogen (secondary N) is 2. The molecular formula is C17H13ClF2N2O2. The van der Waals surface area contributed by atoms with Gasteiger partial charge in [-0.3, -0.25) is 0 Å². The Labute approximate surface area is 142 Å². The molecule has 2 rings (SSSR count). The van der Waals surface area contributed by atoms with Gasteiger partial charge in [0.25, 0.3) is 0 Å². The van der Waals surface area contributed by atoms with E-state index in [9.17, 15) is 13.6 Å². The molecule has 4 nitrogen and oxygen atoms in total. The van der Waals surface area contributed by atoms with Crippen molar-refractivity contribution in [3.8, 4) is 17.6 Å². The second-order valence-electron chi connectivity index (χ2n) is 4.53. The molecular weight excluding hydrogens is 338 g/mol. The molecule has 7 heteroatoms. The van der Waals surface area contributed by atoms with Gasteiger partial charge >= 0.3 is 6.03 Å². The minimum Gasteiger partial charge on any atom is -0.478 e. The number of benzene rings is 2. The van der Waals surface area contributed by atoms with Crippen LogP contribution in [0.5, 0.6) is 5.75 Å². The number of anilines is 1. The molecule has 0 saturated carbocycles. The van der Waals surface area contributed by atoms with Crippen molar-refractivity contribution in [1.82, 2.24) is 5.32 Å². The number of carbonyl (C=O) groups is 1. The lowest BCUT2D eigenvalue weighted by atomic mass is 10.3. The smallest absolute Gasteiger partial charge is 0.319 e. The Bertz CT molecular complexity index is 770. The predicted octanol–water partition coefficient (Wildman–Crippen LogP) is 3.82. The number of amides is 2. The van der Waals surface area contributed by atoms with Crippen LogP contribution in [0.1, 0.15) is 0 Å². The molecule has 2 aromatic carbocycles. The average Bonchev–Trinajstić information content (AvgIpc) is 2.54. The highest BCUT2D eigenvalue weighted by molar-refractivity contribution is 6.30. The number of urea groups is 1. The van der Waals surface area contributed by atoms with Crippen LogP contribution in [0.3, 0.4) is 0 Å². The molecule has 0 fully saturated rings. The van der Waals surface area contributed by atoms with Crippen molar-refractivity contribution in [3.63, 3.8) is 0 Å². The molecule has 24 heavy (non-hydrogen) atoms. The van der Waals surface area contributed by atoms with Crippen molar-refractivity contribution in [3.05, 3.63) is 59.1 Å². The van der Waals surface area contributed by atoms with Crippen molar-refractivity contribution in [2.45, 2.75) is 0 Å². The maximum absolute atomic E-state index is 13.3. The average molecular weight is 351 g/mol. The van der Waals surface area contributed by atoms with Crippen LogP contribution in [-0.4, -0.2) is 19.2 Å². The first-order valence-electron chi connectivity index (χ1n) is 6.88. The minimum atomic E-state index is -0.794. The first-order chi connectivity index (χ1) is 11.5. The van der Waals surface area contributed by atoms with E-state index >= 15 is 0 Å². The van der Waals surface area contributed by atoms with Crippen LogP contribution in [0, 0.1) is 23.5 Å². The number of hydrogen-bond donors (Lipinski definition) is 2. The van der Waals surface area contributed by atoms with E-state index in [0.29, 0.717) is 10.7 Å². The SMILES string of the molecule is O=C(NCC#CCOc1ccc(F)cc1F)Nc1ccc(Cl)cc1. The summed E-state index contributed by atoms with van der Waals surface area (Å²) in [6.07, 6.45) is 0. The van der Waals surface area contributed by atoms with E-state index in [2.05, 4.69) is 22.5 Å². The van der Waals surface area contributed by atoms with E-state index in [-0.39, 0.29) is 18.9 Å². The van der Waals surface area contributed by atoms with Crippen molar-refractivity contribution in [2.75, 3.05) is 18.5 Å². The largest absolute Gasteiger partial charge is 0.478 e. The molecule has 2 aromatic rings. The van der Waals surface area contributed by atoms with E-state index in [4.69, 9.17) is 16.3 Å². The third-order valence-corrected chi connectivity index (χ3v) is 3.01. The second kappa shape index (κ2) is 8.75. The Morgan fingerprint density at radius 1 is 1.12 bits per heavy atom. The molecule has 0 unspecified atom stereocenters. The minimum absolute atomic E-state index is 0.0803. The summed E-state index contributed by atoms with van der Waals surface area (Å²) >= 11 is 5.74. The van der Waals surface area contributed by atoms with Crippen LogP contribution in [0.2, 0.25) is 5.02 Å². The third-order valence-electron chi connectivity index (χ3n) is 2.76. The Balaban J connectivity index is 1.69. The lowest BCUT2D eigenvalue weighted by Gasteiger charge is -2.05. The number of hydrogen-bond acceptors (Lipinski definition) is 2. The molecule has 0 aliphatic carbocycles. The lowest BCUT2D eigenvalue weighted by Crippen LogP contribution is -2.28. The zero-order valence-corrected chi connectivity index (χ0v) is 13.2. The highest BCUT2D eigenvalue weighted by Gasteiger charge is 2.03. The highest BCUT2D eigenvalue weighted by Crippen LogP contribution is 2.17. The fourth-order valence-electron chi connectivity index (χ4n) is 1.65. The molecule has 0 aliphatic heterocycles. The maximum Gasteiger partial charge on any atom is 0.319 e. The standard InChI is InChI=1S/C17H13ClF2N2O2/c18-12-3-6-14(7-4-12)22-17(23)21-9-1-2-10-24-16-8-5-13(19)11-15(16)20/h3-8,11H,9-10H2,(H2,21,22,23). The van der Waals surface area contributed by atoms with Gasteiger partial charge in [0, 0.05) is 16.8 Å². The van der Waals surface area contributed by atoms with Crippen LogP contribution in [-0.2, 0) is 0 Å². The van der Waals surface area contributed by atoms with Crippen LogP contribution in [0.15, 0.2) is 42.5 Å². The van der Waals surface area contributed by atoms with Crippen molar-refractivity contribution >= 4 is 23.3 Å². The first kappa shape index (κ1) is 17.6. The summed E-state index contributed by atoms with van der Waals surface area (Å²) in [5, 5.41) is 5.71. The summed E-state index contributed by atoms with van der Waals surface area (Å²) in [7, 11) is 0. The summed E-state index contributed by atoms with van der Waals surface area (Å²) in [5.74, 6) is 3.70. The molecule has 0 atom stereocenters. The summed E-state index contributed by atoms with van der Waals surface area (Å²) in [6, 6.07) is 9.23. The van der Waals surface area contributed by atoms with E-state index in [0.717, 1.165) is 12.1 Å². The third kappa shape index (κ3) is 5.78. The maximum atomic E-state index is 13.3. The molecule has 0 aromatic heterocycles. The fraction of sp³-hybridized carbons (Fsp3) is 0.118. The van der Waals surface area contributed by atoms with Gasteiger partial charge in [0.15, 0.2) is 11.6 Å². The van der Waals surface area contributed by atoms with Crippen LogP contribution < -0.4 is 15.4 Å². The van der Waals surface area contributed by atoms with Crippen LogP contribution in [0.25, 0.3) is 0 Å². The zero-order chi connectivity index (χ0) is 17.4. The van der Waals surface area contributed by atoms with Gasteiger partial charge in [-0.15, -0.1) is 0 Å². The van der Waals surface area contributed by atoms with Crippen molar-refractivity contribution in [2.24, 2.45) is 0 Å². The Hall–Kier alpha value is -2.78. The lowest BCUT2D eigenvalue weighted by molar-refractivity contribution is 0.253. The molecule has 2 amide bonds. The molecule has 0 spiro atoms. The van der Waals surface area contributed by atoms with Gasteiger partial charge in [0.2, 0.25) is 0 Å². The van der Waals surface area contributed by atoms with E-state index < -0.39 is 17.7 Å². The second-order valence-corrected chi connectivity index (χ2v) is 4.97. The molecule has 0 bridgehead atoms. The van der Waals surface area contributed by atoms with Crippen LogP contribution in [0.4, 0.5) is 19.3 Å². The van der Waals surface area contributed by atoms with E-state index in [1.54, 1.807) is 24.3 Å². The summed E-state index contributed by atoms with van der Waals surface area (Å²) in [5.41, 5.74) is 0.597.